The first-order valence-electron chi connectivity index (χ1n) is 5.99. The predicted octanol–water partition coefficient (Wildman–Crippen LogP) is 1.75. The summed E-state index contributed by atoms with van der Waals surface area (Å²) in [6.45, 7) is 6.12. The Balaban J connectivity index is 2.17. The molecule has 0 spiro atoms. The lowest BCUT2D eigenvalue weighted by molar-refractivity contribution is 0.121. The van der Waals surface area contributed by atoms with Gasteiger partial charge in [-0.05, 0) is 19.8 Å². The average molecular weight is 288 g/mol. The summed E-state index contributed by atoms with van der Waals surface area (Å²) in [7, 11) is 2.07. The quantitative estimate of drug-likeness (QED) is 0.424. The van der Waals surface area contributed by atoms with Crippen molar-refractivity contribution >= 4 is 29.7 Å². The van der Waals surface area contributed by atoms with Gasteiger partial charge < -0.3 is 15.0 Å². The molecule has 0 atom stereocenters. The summed E-state index contributed by atoms with van der Waals surface area (Å²) in [5.74, 6) is 0. The van der Waals surface area contributed by atoms with Gasteiger partial charge in [0.2, 0.25) is 5.43 Å². The van der Waals surface area contributed by atoms with Crippen LogP contribution in [0.2, 0.25) is 0 Å². The van der Waals surface area contributed by atoms with Crippen LogP contribution < -0.4 is 10.7 Å². The number of ether oxygens (including phenoxy) is 1. The normalized spacial score (nSPS) is 11.3. The van der Waals surface area contributed by atoms with Crippen molar-refractivity contribution in [3.8, 4) is 0 Å². The molecule has 0 aliphatic heterocycles. The number of thioether (sulfide) groups is 1. The number of likely N-dealkylation sites (N-methyl/N-ethyl adjacent to an activating group) is 1. The minimum absolute atomic E-state index is 0.00881. The van der Waals surface area contributed by atoms with Crippen molar-refractivity contribution in [1.82, 2.24) is 4.90 Å². The van der Waals surface area contributed by atoms with Gasteiger partial charge in [0.1, 0.15) is 4.51 Å². The first-order valence-corrected chi connectivity index (χ1v) is 7.62. The van der Waals surface area contributed by atoms with Crippen LogP contribution in [-0.2, 0) is 4.74 Å². The Kier molecular flexibility index (Phi) is 6.85. The van der Waals surface area contributed by atoms with E-state index < -0.39 is 0 Å². The molecule has 0 unspecified atom stereocenters. The summed E-state index contributed by atoms with van der Waals surface area (Å²) in [5, 5.41) is 3.16. The third kappa shape index (κ3) is 4.05. The van der Waals surface area contributed by atoms with Crippen LogP contribution in [-0.4, -0.2) is 51.1 Å². The van der Waals surface area contributed by atoms with Gasteiger partial charge >= 0.3 is 0 Å². The molecular formula is C12H20N2O2S2. The zero-order valence-electron chi connectivity index (χ0n) is 11.1. The fraction of sp³-hybridized carbons (Fsp3) is 0.667. The highest BCUT2D eigenvalue weighted by molar-refractivity contribution is 7.98. The minimum Gasteiger partial charge on any atom is -0.380 e. The average Bonchev–Trinajstić information content (AvgIpc) is 2.39. The molecule has 0 fully saturated rings. The highest BCUT2D eigenvalue weighted by Gasteiger charge is 2.15. The van der Waals surface area contributed by atoms with Crippen LogP contribution in [0.15, 0.2) is 9.69 Å². The highest BCUT2D eigenvalue weighted by atomic mass is 32.2. The molecule has 0 aliphatic carbocycles. The van der Waals surface area contributed by atoms with E-state index in [1.165, 1.54) is 11.8 Å². The van der Waals surface area contributed by atoms with Gasteiger partial charge in [-0.15, -0.1) is 11.8 Å². The first kappa shape index (κ1) is 15.6. The summed E-state index contributed by atoms with van der Waals surface area (Å²) in [6.07, 6.45) is 1.88. The van der Waals surface area contributed by atoms with Gasteiger partial charge in [-0.1, -0.05) is 19.1 Å². The van der Waals surface area contributed by atoms with Crippen molar-refractivity contribution < 1.29 is 4.74 Å². The van der Waals surface area contributed by atoms with Crippen LogP contribution in [0.4, 0.5) is 5.69 Å². The molecular weight excluding hydrogens is 268 g/mol. The zero-order chi connectivity index (χ0) is 13.5. The largest absolute Gasteiger partial charge is 0.380 e. The molecule has 1 aromatic carbocycles. The molecule has 0 aliphatic rings. The van der Waals surface area contributed by atoms with Gasteiger partial charge in [-0.2, -0.15) is 0 Å². The Morgan fingerprint density at radius 3 is 2.78 bits per heavy atom. The number of rotatable bonds is 9. The number of anilines is 1. The van der Waals surface area contributed by atoms with Crippen molar-refractivity contribution in [3.05, 3.63) is 14.7 Å². The molecule has 0 saturated carbocycles. The second-order valence-corrected chi connectivity index (χ2v) is 5.23. The Morgan fingerprint density at radius 2 is 2.17 bits per heavy atom. The van der Waals surface area contributed by atoms with E-state index in [4.69, 9.17) is 17.0 Å². The van der Waals surface area contributed by atoms with E-state index >= 15 is 0 Å². The zero-order valence-corrected chi connectivity index (χ0v) is 12.7. The molecule has 0 radical (unpaired) electrons. The third-order valence-corrected chi connectivity index (χ3v) is 3.96. The van der Waals surface area contributed by atoms with E-state index in [-0.39, 0.29) is 5.43 Å². The Bertz CT molecular complexity index is 441. The maximum atomic E-state index is 11.3. The number of nitrogens with zero attached hydrogens (tertiary/aromatic N) is 1. The minimum atomic E-state index is -0.00881. The van der Waals surface area contributed by atoms with Crippen molar-refractivity contribution in [2.24, 2.45) is 0 Å². The highest BCUT2D eigenvalue weighted by Crippen LogP contribution is 2.25. The van der Waals surface area contributed by atoms with Gasteiger partial charge in [0, 0.05) is 13.1 Å². The smallest absolute Gasteiger partial charge is 0.214 e. The molecule has 6 heteroatoms. The van der Waals surface area contributed by atoms with Crippen LogP contribution in [0.5, 0.6) is 0 Å². The monoisotopic (exact) mass is 288 g/mol. The Labute approximate surface area is 117 Å². The number of hydrogen-bond acceptors (Lipinski definition) is 6. The van der Waals surface area contributed by atoms with Gasteiger partial charge in [-0.25, -0.2) is 0 Å². The van der Waals surface area contributed by atoms with Crippen LogP contribution in [0.3, 0.4) is 0 Å². The molecule has 18 heavy (non-hydrogen) atoms. The molecule has 1 aromatic rings. The lowest BCUT2D eigenvalue weighted by Gasteiger charge is -2.15. The second kappa shape index (κ2) is 7.89. The molecule has 4 nitrogen and oxygen atoms in total. The predicted molar refractivity (Wildman–Crippen MR) is 80.2 cm³/mol. The Hall–Kier alpha value is -0.430. The summed E-state index contributed by atoms with van der Waals surface area (Å²) in [4.78, 5) is 14.3. The SMILES string of the molecule is CCN(C)CCOCCNc1c(SC)c(=O)c1=S. The molecule has 0 bridgehead atoms. The van der Waals surface area contributed by atoms with Crippen LogP contribution >= 0.6 is 24.0 Å². The molecule has 0 amide bonds. The lowest BCUT2D eigenvalue weighted by Crippen LogP contribution is -2.24. The summed E-state index contributed by atoms with van der Waals surface area (Å²) in [5.41, 5.74) is 0.808. The van der Waals surface area contributed by atoms with Crippen molar-refractivity contribution in [3.63, 3.8) is 0 Å². The molecule has 0 heterocycles. The molecule has 0 aromatic heterocycles. The summed E-state index contributed by atoms with van der Waals surface area (Å²) < 4.78 is 5.92. The van der Waals surface area contributed by atoms with Crippen molar-refractivity contribution in [2.75, 3.05) is 51.5 Å². The Morgan fingerprint density at radius 1 is 1.44 bits per heavy atom. The van der Waals surface area contributed by atoms with Gasteiger partial charge in [0.15, 0.2) is 0 Å². The maximum absolute atomic E-state index is 11.3. The summed E-state index contributed by atoms with van der Waals surface area (Å²) >= 11 is 6.43. The summed E-state index contributed by atoms with van der Waals surface area (Å²) in [6, 6.07) is 0. The van der Waals surface area contributed by atoms with Crippen molar-refractivity contribution in [1.29, 1.82) is 0 Å². The van der Waals surface area contributed by atoms with E-state index in [0.717, 1.165) is 30.3 Å². The first-order chi connectivity index (χ1) is 8.61. The van der Waals surface area contributed by atoms with E-state index in [9.17, 15) is 4.79 Å². The van der Waals surface area contributed by atoms with Gasteiger partial charge in [-0.3, -0.25) is 4.79 Å². The van der Waals surface area contributed by atoms with Crippen LogP contribution in [0.25, 0.3) is 0 Å². The number of nitrogens with one attached hydrogen (secondary N) is 1. The molecule has 1 rings (SSSR count). The maximum Gasteiger partial charge on any atom is 0.214 e. The lowest BCUT2D eigenvalue weighted by atomic mass is 10.2. The van der Waals surface area contributed by atoms with E-state index in [0.29, 0.717) is 17.7 Å². The standard InChI is InChI=1S/C12H20N2O2S2/c1-4-14(2)6-8-16-7-5-13-9-11(17)10(15)12(9)18-3/h13H,4-8H2,1-3H3. The third-order valence-electron chi connectivity index (χ3n) is 2.78. The van der Waals surface area contributed by atoms with Crippen LogP contribution in [0.1, 0.15) is 6.92 Å². The van der Waals surface area contributed by atoms with Crippen LogP contribution in [0, 0.1) is 4.51 Å². The van der Waals surface area contributed by atoms with E-state index in [1.54, 1.807) is 0 Å². The van der Waals surface area contributed by atoms with Gasteiger partial charge in [0.25, 0.3) is 0 Å². The second-order valence-electron chi connectivity index (χ2n) is 4.00. The molecule has 1 N–H and O–H groups in total. The number of hydrogen-bond donors (Lipinski definition) is 1. The fourth-order valence-corrected chi connectivity index (χ4v) is 2.53. The van der Waals surface area contributed by atoms with E-state index in [1.807, 2.05) is 6.26 Å². The topological polar surface area (TPSA) is 41.6 Å². The molecule has 0 saturated heterocycles. The van der Waals surface area contributed by atoms with Crippen molar-refractivity contribution in [2.45, 2.75) is 11.8 Å². The van der Waals surface area contributed by atoms with Gasteiger partial charge in [0.05, 0.1) is 23.8 Å². The van der Waals surface area contributed by atoms with E-state index in [2.05, 4.69) is 24.2 Å². The molecule has 102 valence electrons. The fourth-order valence-electron chi connectivity index (χ4n) is 1.45.